The Morgan fingerprint density at radius 3 is 2.20 bits per heavy atom. The first-order valence-electron chi connectivity index (χ1n) is 18.2. The molecule has 59 heavy (non-hydrogen) atoms. The van der Waals surface area contributed by atoms with Gasteiger partial charge in [0.25, 0.3) is 0 Å². The number of phenolic OH excluding ortho intramolecular Hbond substituents is 1. The van der Waals surface area contributed by atoms with Crippen LogP contribution in [0.3, 0.4) is 0 Å². The number of benzene rings is 4. The van der Waals surface area contributed by atoms with Gasteiger partial charge >= 0.3 is 0 Å². The minimum absolute atomic E-state index is 0.0148. The smallest absolute Gasteiger partial charge is 0.247 e. The van der Waals surface area contributed by atoms with Crippen LogP contribution in [-0.4, -0.2) is 96.1 Å². The lowest BCUT2D eigenvalue weighted by Crippen LogP contribution is -2.54. The van der Waals surface area contributed by atoms with Gasteiger partial charge in [0, 0.05) is 24.3 Å². The van der Waals surface area contributed by atoms with Gasteiger partial charge in [-0.25, -0.2) is 0 Å². The molecular weight excluding hydrogens is 792 g/mol. The molecule has 0 aliphatic carbocycles. The Kier molecular flexibility index (Phi) is 13.7. The summed E-state index contributed by atoms with van der Waals surface area (Å²) in [5.41, 5.74) is 8.19. The minimum atomic E-state index is -1.73. The number of halogens is 1. The predicted molar refractivity (Wildman–Crippen MR) is 212 cm³/mol. The van der Waals surface area contributed by atoms with Crippen molar-refractivity contribution in [1.82, 2.24) is 16.0 Å². The van der Waals surface area contributed by atoms with Gasteiger partial charge in [0.05, 0.1) is 59.3 Å². The zero-order valence-corrected chi connectivity index (χ0v) is 33.6. The third-order valence-corrected chi connectivity index (χ3v) is 10.1. The molecule has 8 bridgehead atoms. The Hall–Kier alpha value is -5.82. The van der Waals surface area contributed by atoms with E-state index in [9.17, 15) is 24.6 Å². The number of aliphatic hydroxyl groups excluding tert-OH is 1. The first-order valence-corrected chi connectivity index (χ1v) is 18.6. The van der Waals surface area contributed by atoms with Crippen LogP contribution in [0, 0.1) is 0 Å². The molecule has 3 amide bonds. The van der Waals surface area contributed by atoms with Crippen LogP contribution in [0.4, 0.5) is 0 Å². The summed E-state index contributed by atoms with van der Waals surface area (Å²) in [4.78, 5) is 43.3. The Morgan fingerprint density at radius 1 is 0.746 bits per heavy atom. The number of methoxy groups -OCH3 is 5. The van der Waals surface area contributed by atoms with Gasteiger partial charge in [0.2, 0.25) is 23.5 Å². The summed E-state index contributed by atoms with van der Waals surface area (Å²) in [5.74, 6) is -2.03. The van der Waals surface area contributed by atoms with Gasteiger partial charge in [0.1, 0.15) is 54.0 Å². The number of aliphatic hydroxyl groups is 1. The van der Waals surface area contributed by atoms with E-state index < -0.39 is 53.7 Å². The lowest BCUT2D eigenvalue weighted by molar-refractivity contribution is -0.135. The molecule has 5 atom stereocenters. The predicted octanol–water partition coefficient (Wildman–Crippen LogP) is 3.74. The van der Waals surface area contributed by atoms with Crippen LogP contribution in [0.1, 0.15) is 46.5 Å². The average molecular weight is 837 g/mol. The SMILES string of the molecule is COCCOCOC[C@H]1NC(=O)[C@H]2NC(=O)[C@H](NC(=O)[C@H](N)c3cc(O)c(OC)c(c3)Oc3ccc(cc3Cl)[C@H]2O)c2ccc(OC)c(c2)-c2c(OC)cc(OC)cc21. The van der Waals surface area contributed by atoms with Crippen molar-refractivity contribution in [1.29, 1.82) is 0 Å². The highest BCUT2D eigenvalue weighted by atomic mass is 35.5. The van der Waals surface area contributed by atoms with Crippen LogP contribution in [0.5, 0.6) is 40.2 Å². The molecule has 0 radical (unpaired) electrons. The van der Waals surface area contributed by atoms with E-state index in [1.54, 1.807) is 30.3 Å². The van der Waals surface area contributed by atoms with Crippen LogP contribution >= 0.6 is 11.6 Å². The summed E-state index contributed by atoms with van der Waals surface area (Å²) in [6.07, 6.45) is -1.73. The normalized spacial score (nSPS) is 20.2. The molecule has 0 saturated carbocycles. The van der Waals surface area contributed by atoms with E-state index in [0.29, 0.717) is 40.5 Å². The van der Waals surface area contributed by atoms with Crippen molar-refractivity contribution in [3.8, 4) is 51.4 Å². The number of nitrogens with one attached hydrogen (secondary N) is 3. The molecule has 0 fully saturated rings. The lowest BCUT2D eigenvalue weighted by atomic mass is 9.89. The summed E-state index contributed by atoms with van der Waals surface area (Å²) in [5, 5.41) is 31.2. The number of phenols is 1. The van der Waals surface area contributed by atoms with Crippen LogP contribution in [0.15, 0.2) is 60.7 Å². The van der Waals surface area contributed by atoms with Crippen molar-refractivity contribution in [2.45, 2.75) is 30.3 Å². The summed E-state index contributed by atoms with van der Waals surface area (Å²) in [7, 11) is 7.24. The first-order chi connectivity index (χ1) is 28.4. The molecule has 0 spiro atoms. The Balaban J connectivity index is 1.59. The topological polar surface area (TPSA) is 228 Å². The van der Waals surface area contributed by atoms with E-state index in [0.717, 1.165) is 0 Å². The van der Waals surface area contributed by atoms with E-state index in [1.807, 2.05) is 0 Å². The number of fused-ring (bicyclic) bond motifs is 8. The third kappa shape index (κ3) is 9.10. The Labute approximate surface area is 344 Å². The Bertz CT molecular complexity index is 2210. The van der Waals surface area contributed by atoms with Crippen LogP contribution in [-0.2, 0) is 28.6 Å². The van der Waals surface area contributed by atoms with Gasteiger partial charge < -0.3 is 69.8 Å². The van der Waals surface area contributed by atoms with Crippen molar-refractivity contribution in [3.05, 3.63) is 87.9 Å². The molecule has 0 unspecified atom stereocenters. The Morgan fingerprint density at radius 2 is 1.51 bits per heavy atom. The molecule has 7 rings (SSSR count). The molecular formula is C41H45ClN4O13. The van der Waals surface area contributed by atoms with Crippen LogP contribution in [0.25, 0.3) is 11.1 Å². The summed E-state index contributed by atoms with van der Waals surface area (Å²) in [6.45, 7) is 0.228. The van der Waals surface area contributed by atoms with E-state index in [2.05, 4.69) is 16.0 Å². The summed E-state index contributed by atoms with van der Waals surface area (Å²) in [6, 6.07) is 9.28. The maximum Gasteiger partial charge on any atom is 0.247 e. The number of ether oxygens (including phenoxy) is 8. The second kappa shape index (κ2) is 18.8. The zero-order valence-electron chi connectivity index (χ0n) is 32.8. The maximum absolute atomic E-state index is 14.7. The molecule has 314 valence electrons. The minimum Gasteiger partial charge on any atom is -0.504 e. The fraction of sp³-hybridized carbons (Fsp3) is 0.341. The van der Waals surface area contributed by atoms with E-state index >= 15 is 0 Å². The second-order valence-corrected chi connectivity index (χ2v) is 13.8. The number of rotatable bonds is 11. The van der Waals surface area contributed by atoms with E-state index in [-0.39, 0.29) is 59.0 Å². The van der Waals surface area contributed by atoms with Gasteiger partial charge in [-0.1, -0.05) is 23.7 Å². The fourth-order valence-corrected chi connectivity index (χ4v) is 7.05. The maximum atomic E-state index is 14.7. The van der Waals surface area contributed by atoms with Crippen molar-refractivity contribution < 1.29 is 62.5 Å². The molecule has 3 aliphatic rings. The average Bonchev–Trinajstić information content (AvgIpc) is 3.23. The van der Waals surface area contributed by atoms with Crippen molar-refractivity contribution in [2.75, 3.05) is 62.2 Å². The van der Waals surface area contributed by atoms with Crippen LogP contribution < -0.4 is 45.4 Å². The lowest BCUT2D eigenvalue weighted by Gasteiger charge is -2.31. The number of aromatic hydroxyl groups is 1. The largest absolute Gasteiger partial charge is 0.504 e. The quantitative estimate of drug-likeness (QED) is 0.0935. The molecule has 3 heterocycles. The third-order valence-electron chi connectivity index (χ3n) is 9.83. The number of carbonyl (C=O) groups is 3. The molecule has 17 nitrogen and oxygen atoms in total. The molecule has 4 aromatic carbocycles. The highest BCUT2D eigenvalue weighted by Gasteiger charge is 2.38. The molecule has 0 aromatic heterocycles. The number of carbonyl (C=O) groups excluding carboxylic acids is 3. The highest BCUT2D eigenvalue weighted by molar-refractivity contribution is 6.32. The zero-order chi connectivity index (χ0) is 42.4. The van der Waals surface area contributed by atoms with Gasteiger partial charge in [0.15, 0.2) is 11.5 Å². The van der Waals surface area contributed by atoms with Crippen LogP contribution in [0.2, 0.25) is 5.02 Å². The standard InChI is InChI=1S/C41H45ClN4O13/c1-52-10-11-57-19-58-18-27-24-16-23(53-2)17-31(55-4)33(24)25-12-20(6-8-29(25)54-3)35-40(50)46-36(41(51)44-27)37(48)21-7-9-30(26(42)13-21)59-32-15-22(34(43)39(49)45-35)14-28(47)38(32)56-5/h6-9,12-17,27,34-37,47-48H,10-11,18-19,43H2,1-5H3,(H,44,51)(H,45,49)(H,46,50)/t27-,34-,35-,36+,37-/m1/s1. The first kappa shape index (κ1) is 42.8. The number of amides is 3. The van der Waals surface area contributed by atoms with Crippen molar-refractivity contribution in [3.63, 3.8) is 0 Å². The van der Waals surface area contributed by atoms with Gasteiger partial charge in [-0.3, -0.25) is 14.4 Å². The molecule has 4 aromatic rings. The van der Waals surface area contributed by atoms with E-state index in [1.165, 1.54) is 65.9 Å². The molecule has 0 saturated heterocycles. The fourth-order valence-electron chi connectivity index (χ4n) is 6.82. The molecule has 7 N–H and O–H groups in total. The highest BCUT2D eigenvalue weighted by Crippen LogP contribution is 2.46. The number of nitrogens with two attached hydrogens (primary N) is 1. The monoisotopic (exact) mass is 836 g/mol. The second-order valence-electron chi connectivity index (χ2n) is 13.4. The van der Waals surface area contributed by atoms with Crippen molar-refractivity contribution in [2.24, 2.45) is 5.73 Å². The van der Waals surface area contributed by atoms with Crippen molar-refractivity contribution >= 4 is 29.3 Å². The van der Waals surface area contributed by atoms with E-state index in [4.69, 9.17) is 55.2 Å². The van der Waals surface area contributed by atoms with Gasteiger partial charge in [-0.2, -0.15) is 0 Å². The number of hydrogen-bond acceptors (Lipinski definition) is 14. The summed E-state index contributed by atoms with van der Waals surface area (Å²) < 4.78 is 45.3. The summed E-state index contributed by atoms with van der Waals surface area (Å²) >= 11 is 6.68. The molecule has 18 heteroatoms. The van der Waals surface area contributed by atoms with Gasteiger partial charge in [-0.05, 0) is 64.7 Å². The molecule has 3 aliphatic heterocycles. The number of hydrogen-bond donors (Lipinski definition) is 6. The van der Waals surface area contributed by atoms with Gasteiger partial charge in [-0.15, -0.1) is 0 Å².